The second-order valence-corrected chi connectivity index (χ2v) is 7.30. The molecule has 0 saturated carbocycles. The number of carboxylic acid groups (broad SMARTS) is 1. The minimum atomic E-state index is -3.36. The summed E-state index contributed by atoms with van der Waals surface area (Å²) < 4.78 is 37.0. The third-order valence-corrected chi connectivity index (χ3v) is 5.39. The average Bonchev–Trinajstić information content (AvgIpc) is 2.66. The lowest BCUT2D eigenvalue weighted by molar-refractivity contribution is 0.0695. The minimum absolute atomic E-state index is 0.122. The van der Waals surface area contributed by atoms with Crippen LogP contribution in [0, 0.1) is 5.82 Å². The molecule has 1 aromatic rings. The van der Waals surface area contributed by atoms with Crippen molar-refractivity contribution in [3.63, 3.8) is 0 Å². The molecule has 1 aliphatic rings. The highest BCUT2D eigenvalue weighted by atomic mass is 79.9. The van der Waals surface area contributed by atoms with Crippen molar-refractivity contribution >= 4 is 31.7 Å². The van der Waals surface area contributed by atoms with E-state index in [2.05, 4.69) is 15.9 Å². The Bertz CT molecular complexity index is 639. The summed E-state index contributed by atoms with van der Waals surface area (Å²) in [6.45, 7) is 0. The zero-order chi connectivity index (χ0) is 13.7. The fraction of sp³-hybridized carbons (Fsp3) is 0.364. The van der Waals surface area contributed by atoms with Gasteiger partial charge in [0.05, 0.1) is 15.3 Å². The Morgan fingerprint density at radius 2 is 2.17 bits per heavy atom. The molecule has 0 bridgehead atoms. The number of sulfone groups is 1. The molecule has 18 heavy (non-hydrogen) atoms. The van der Waals surface area contributed by atoms with Gasteiger partial charge < -0.3 is 5.11 Å². The maximum Gasteiger partial charge on any atom is 0.336 e. The van der Waals surface area contributed by atoms with E-state index in [1.165, 1.54) is 6.07 Å². The molecule has 1 N–H and O–H groups in total. The van der Waals surface area contributed by atoms with Gasteiger partial charge in [-0.2, -0.15) is 0 Å². The molecule has 0 aliphatic heterocycles. The van der Waals surface area contributed by atoms with Gasteiger partial charge in [-0.05, 0) is 46.0 Å². The molecule has 1 atom stereocenters. The summed E-state index contributed by atoms with van der Waals surface area (Å²) in [6, 6.07) is 1.25. The van der Waals surface area contributed by atoms with E-state index in [1.807, 2.05) is 0 Å². The summed E-state index contributed by atoms with van der Waals surface area (Å²) in [5.41, 5.74) is 0.319. The number of hydrogen-bond donors (Lipinski definition) is 1. The second-order valence-electron chi connectivity index (χ2n) is 4.28. The van der Waals surface area contributed by atoms with E-state index in [4.69, 9.17) is 5.11 Å². The van der Waals surface area contributed by atoms with Crippen LogP contribution in [0.1, 0.15) is 33.2 Å². The number of hydrogen-bond acceptors (Lipinski definition) is 3. The molecule has 0 radical (unpaired) electrons. The van der Waals surface area contributed by atoms with E-state index in [9.17, 15) is 17.6 Å². The van der Waals surface area contributed by atoms with Crippen LogP contribution in [-0.2, 0) is 16.3 Å². The van der Waals surface area contributed by atoms with Crippen LogP contribution in [0.25, 0.3) is 0 Å². The van der Waals surface area contributed by atoms with Crippen LogP contribution < -0.4 is 0 Å². The molecule has 0 heterocycles. The van der Waals surface area contributed by atoms with Gasteiger partial charge in [-0.15, -0.1) is 0 Å². The predicted octanol–water partition coefficient (Wildman–Crippen LogP) is 2.32. The Kier molecular flexibility index (Phi) is 3.23. The van der Waals surface area contributed by atoms with E-state index < -0.39 is 26.9 Å². The molecule has 7 heteroatoms. The lowest BCUT2D eigenvalue weighted by Crippen LogP contribution is -2.10. The maximum atomic E-state index is 14.0. The Morgan fingerprint density at radius 1 is 1.56 bits per heavy atom. The highest BCUT2D eigenvalue weighted by molar-refractivity contribution is 9.10. The number of fused-ring (bicyclic) bond motifs is 1. The molecule has 4 nitrogen and oxygen atoms in total. The van der Waals surface area contributed by atoms with Gasteiger partial charge in [0, 0.05) is 6.26 Å². The van der Waals surface area contributed by atoms with Crippen LogP contribution in [0.5, 0.6) is 0 Å². The van der Waals surface area contributed by atoms with Gasteiger partial charge in [0.25, 0.3) is 0 Å². The van der Waals surface area contributed by atoms with Crippen molar-refractivity contribution in [2.45, 2.75) is 18.1 Å². The Hall–Kier alpha value is -0.950. The summed E-state index contributed by atoms with van der Waals surface area (Å²) in [5.74, 6) is -1.96. The predicted molar refractivity (Wildman–Crippen MR) is 67.0 cm³/mol. The number of rotatable bonds is 2. The van der Waals surface area contributed by atoms with E-state index in [0.717, 1.165) is 6.26 Å². The van der Waals surface area contributed by atoms with Crippen LogP contribution in [0.4, 0.5) is 4.39 Å². The maximum absolute atomic E-state index is 14.0. The summed E-state index contributed by atoms with van der Waals surface area (Å²) >= 11 is 2.90. The van der Waals surface area contributed by atoms with E-state index >= 15 is 0 Å². The summed E-state index contributed by atoms with van der Waals surface area (Å²) in [5, 5.41) is 8.15. The van der Waals surface area contributed by atoms with Crippen LogP contribution in [0.2, 0.25) is 0 Å². The molecule has 0 aromatic heterocycles. The zero-order valence-electron chi connectivity index (χ0n) is 9.41. The van der Waals surface area contributed by atoms with Crippen LogP contribution in [0.3, 0.4) is 0 Å². The van der Waals surface area contributed by atoms with Crippen molar-refractivity contribution in [1.82, 2.24) is 0 Å². The third kappa shape index (κ3) is 2.05. The van der Waals surface area contributed by atoms with Gasteiger partial charge in [-0.1, -0.05) is 0 Å². The molecule has 1 aliphatic carbocycles. The van der Waals surface area contributed by atoms with Gasteiger partial charge >= 0.3 is 5.97 Å². The first kappa shape index (κ1) is 13.5. The van der Waals surface area contributed by atoms with Crippen LogP contribution in [-0.4, -0.2) is 25.7 Å². The highest BCUT2D eigenvalue weighted by Gasteiger charge is 2.34. The fourth-order valence-electron chi connectivity index (χ4n) is 2.26. The quantitative estimate of drug-likeness (QED) is 0.899. The molecule has 1 unspecified atom stereocenters. The van der Waals surface area contributed by atoms with E-state index in [-0.39, 0.29) is 15.6 Å². The summed E-state index contributed by atoms with van der Waals surface area (Å²) in [4.78, 5) is 11.0. The van der Waals surface area contributed by atoms with Gasteiger partial charge in [-0.25, -0.2) is 17.6 Å². The number of aromatic carboxylic acids is 1. The molecular formula is C11H10BrFO4S. The van der Waals surface area contributed by atoms with Gasteiger partial charge in [0.15, 0.2) is 9.84 Å². The Labute approximate surface area is 112 Å². The van der Waals surface area contributed by atoms with Crippen molar-refractivity contribution in [1.29, 1.82) is 0 Å². The van der Waals surface area contributed by atoms with Crippen LogP contribution in [0.15, 0.2) is 10.5 Å². The van der Waals surface area contributed by atoms with Crippen molar-refractivity contribution in [2.75, 3.05) is 6.26 Å². The SMILES string of the molecule is CS(=O)(=O)C1CCc2c1cc(C(=O)O)c(Br)c2F. The third-order valence-electron chi connectivity index (χ3n) is 3.09. The number of carbonyl (C=O) groups is 1. The zero-order valence-corrected chi connectivity index (χ0v) is 11.8. The molecular weight excluding hydrogens is 327 g/mol. The smallest absolute Gasteiger partial charge is 0.336 e. The van der Waals surface area contributed by atoms with Crippen LogP contribution >= 0.6 is 15.9 Å². The fourth-order valence-corrected chi connectivity index (χ4v) is 4.00. The first-order chi connectivity index (χ1) is 8.23. The molecule has 0 spiro atoms. The van der Waals surface area contributed by atoms with Gasteiger partial charge in [0.2, 0.25) is 0 Å². The summed E-state index contributed by atoms with van der Waals surface area (Å²) in [7, 11) is -3.36. The van der Waals surface area contributed by atoms with E-state index in [0.29, 0.717) is 18.4 Å². The number of benzene rings is 1. The molecule has 1 aromatic carbocycles. The first-order valence-corrected chi connectivity index (χ1v) is 7.91. The standard InChI is InChI=1S/C11H10BrFO4S/c1-18(16,17)8-3-2-5-6(8)4-7(11(14)15)9(12)10(5)13/h4,8H,2-3H2,1H3,(H,14,15). The number of halogens is 2. The van der Waals surface area contributed by atoms with E-state index in [1.54, 1.807) is 0 Å². The number of carboxylic acids is 1. The average molecular weight is 337 g/mol. The van der Waals surface area contributed by atoms with Crippen molar-refractivity contribution in [2.24, 2.45) is 0 Å². The topological polar surface area (TPSA) is 71.4 Å². The van der Waals surface area contributed by atoms with Crippen molar-refractivity contribution in [3.8, 4) is 0 Å². The Balaban J connectivity index is 2.71. The van der Waals surface area contributed by atoms with Gasteiger partial charge in [-0.3, -0.25) is 0 Å². The Morgan fingerprint density at radius 3 is 2.67 bits per heavy atom. The second kappa shape index (κ2) is 4.31. The minimum Gasteiger partial charge on any atom is -0.478 e. The molecule has 0 saturated heterocycles. The van der Waals surface area contributed by atoms with Crippen molar-refractivity contribution < 1.29 is 22.7 Å². The normalized spacial score (nSPS) is 18.7. The lowest BCUT2D eigenvalue weighted by Gasteiger charge is -2.11. The molecule has 98 valence electrons. The molecule has 0 amide bonds. The monoisotopic (exact) mass is 336 g/mol. The highest BCUT2D eigenvalue weighted by Crippen LogP contribution is 2.41. The van der Waals surface area contributed by atoms with Crippen molar-refractivity contribution in [3.05, 3.63) is 33.0 Å². The summed E-state index contributed by atoms with van der Waals surface area (Å²) in [6.07, 6.45) is 1.67. The lowest BCUT2D eigenvalue weighted by atomic mass is 10.1. The molecule has 2 rings (SSSR count). The molecule has 0 fully saturated rings. The largest absolute Gasteiger partial charge is 0.478 e. The first-order valence-electron chi connectivity index (χ1n) is 5.16. The van der Waals surface area contributed by atoms with Gasteiger partial charge in [0.1, 0.15) is 5.82 Å².